The van der Waals surface area contributed by atoms with Crippen LogP contribution < -0.4 is 14.8 Å². The van der Waals surface area contributed by atoms with Crippen LogP contribution in [0.15, 0.2) is 36.4 Å². The number of hydrogen-bond acceptors (Lipinski definition) is 4. The fourth-order valence-corrected chi connectivity index (χ4v) is 2.88. The van der Waals surface area contributed by atoms with Crippen LogP contribution in [0.3, 0.4) is 0 Å². The number of nitrogens with one attached hydrogen (secondary N) is 1. The third-order valence-electron chi connectivity index (χ3n) is 3.88. The second kappa shape index (κ2) is 10.8. The predicted molar refractivity (Wildman–Crippen MR) is 107 cm³/mol. The van der Waals surface area contributed by atoms with Crippen molar-refractivity contribution < 1.29 is 19.0 Å². The zero-order chi connectivity index (χ0) is 19.6. The number of ether oxygens (including phenoxy) is 3. The topological polar surface area (TPSA) is 56.8 Å². The minimum atomic E-state index is -0.230. The van der Waals surface area contributed by atoms with E-state index in [-0.39, 0.29) is 5.91 Å². The molecule has 0 radical (unpaired) electrons. The van der Waals surface area contributed by atoms with Gasteiger partial charge in [0.1, 0.15) is 0 Å². The minimum Gasteiger partial charge on any atom is -0.490 e. The van der Waals surface area contributed by atoms with Crippen molar-refractivity contribution in [1.29, 1.82) is 0 Å². The fraction of sp³-hybridized carbons (Fsp3) is 0.381. The molecule has 146 valence electrons. The lowest BCUT2D eigenvalue weighted by Gasteiger charge is -2.15. The van der Waals surface area contributed by atoms with Gasteiger partial charge in [-0.3, -0.25) is 4.79 Å². The van der Waals surface area contributed by atoms with Gasteiger partial charge in [0, 0.05) is 19.2 Å². The van der Waals surface area contributed by atoms with Crippen LogP contribution >= 0.6 is 11.6 Å². The summed E-state index contributed by atoms with van der Waals surface area (Å²) in [5.74, 6) is 0.720. The summed E-state index contributed by atoms with van der Waals surface area (Å²) in [4.78, 5) is 12.6. The van der Waals surface area contributed by atoms with Crippen LogP contribution in [-0.2, 0) is 17.9 Å². The van der Waals surface area contributed by atoms with Crippen LogP contribution in [0.1, 0.15) is 41.8 Å². The van der Waals surface area contributed by atoms with Gasteiger partial charge in [0.05, 0.1) is 24.8 Å². The second-order valence-electron chi connectivity index (χ2n) is 5.95. The molecule has 0 aliphatic rings. The van der Waals surface area contributed by atoms with Gasteiger partial charge in [0.15, 0.2) is 11.5 Å². The highest BCUT2D eigenvalue weighted by molar-refractivity contribution is 6.32. The smallest absolute Gasteiger partial charge is 0.251 e. The summed E-state index contributed by atoms with van der Waals surface area (Å²) >= 11 is 6.33. The fourth-order valence-electron chi connectivity index (χ4n) is 2.61. The van der Waals surface area contributed by atoms with Crippen LogP contribution in [0.25, 0.3) is 0 Å². The lowest BCUT2D eigenvalue weighted by molar-refractivity contribution is 0.0950. The standard InChI is InChI=1S/C21H26ClNO4/c1-4-10-27-20-18(22)11-17(12-19(20)26-5-2)21(24)23-13-15-8-6-7-9-16(15)14-25-3/h6-9,11-12H,4-5,10,13-14H2,1-3H3,(H,23,24). The summed E-state index contributed by atoms with van der Waals surface area (Å²) in [5, 5.41) is 3.28. The van der Waals surface area contributed by atoms with Crippen molar-refractivity contribution >= 4 is 17.5 Å². The number of amides is 1. The molecule has 0 atom stereocenters. The number of halogens is 1. The van der Waals surface area contributed by atoms with E-state index in [2.05, 4.69) is 5.32 Å². The number of methoxy groups -OCH3 is 1. The van der Waals surface area contributed by atoms with E-state index < -0.39 is 0 Å². The Kier molecular flexibility index (Phi) is 8.43. The molecule has 0 saturated heterocycles. The van der Waals surface area contributed by atoms with E-state index in [0.717, 1.165) is 17.5 Å². The molecule has 2 aromatic rings. The molecule has 0 heterocycles. The Hall–Kier alpha value is -2.24. The van der Waals surface area contributed by atoms with Crippen LogP contribution in [0.4, 0.5) is 0 Å². The van der Waals surface area contributed by atoms with Gasteiger partial charge < -0.3 is 19.5 Å². The first-order valence-electron chi connectivity index (χ1n) is 9.03. The third kappa shape index (κ3) is 5.88. The molecule has 0 aliphatic heterocycles. The molecule has 0 spiro atoms. The van der Waals surface area contributed by atoms with E-state index in [1.165, 1.54) is 0 Å². The average molecular weight is 392 g/mol. The minimum absolute atomic E-state index is 0.230. The molecule has 2 rings (SSSR count). The van der Waals surface area contributed by atoms with Crippen molar-refractivity contribution in [3.63, 3.8) is 0 Å². The quantitative estimate of drug-likeness (QED) is 0.642. The molecule has 0 bridgehead atoms. The van der Waals surface area contributed by atoms with Gasteiger partial charge >= 0.3 is 0 Å². The van der Waals surface area contributed by atoms with Gasteiger partial charge in [-0.05, 0) is 36.6 Å². The van der Waals surface area contributed by atoms with Gasteiger partial charge in [-0.25, -0.2) is 0 Å². The molecule has 27 heavy (non-hydrogen) atoms. The number of rotatable bonds is 10. The molecule has 6 heteroatoms. The summed E-state index contributed by atoms with van der Waals surface area (Å²) in [6.45, 7) is 5.76. The van der Waals surface area contributed by atoms with Crippen LogP contribution in [0.2, 0.25) is 5.02 Å². The zero-order valence-electron chi connectivity index (χ0n) is 16.0. The van der Waals surface area contributed by atoms with Crippen molar-refractivity contribution in [2.24, 2.45) is 0 Å². The Bertz CT molecular complexity index is 764. The summed E-state index contributed by atoms with van der Waals surface area (Å²) in [6, 6.07) is 11.1. The summed E-state index contributed by atoms with van der Waals surface area (Å²) in [6.07, 6.45) is 0.852. The highest BCUT2D eigenvalue weighted by atomic mass is 35.5. The van der Waals surface area contributed by atoms with Crippen molar-refractivity contribution in [2.75, 3.05) is 20.3 Å². The average Bonchev–Trinajstić information content (AvgIpc) is 2.66. The monoisotopic (exact) mass is 391 g/mol. The highest BCUT2D eigenvalue weighted by Crippen LogP contribution is 2.36. The molecule has 0 unspecified atom stereocenters. The first kappa shape index (κ1) is 21.1. The number of carbonyl (C=O) groups is 1. The first-order valence-corrected chi connectivity index (χ1v) is 9.41. The highest BCUT2D eigenvalue weighted by Gasteiger charge is 2.16. The molecule has 1 amide bonds. The van der Waals surface area contributed by atoms with E-state index in [4.69, 9.17) is 25.8 Å². The van der Waals surface area contributed by atoms with Gasteiger partial charge in [-0.15, -0.1) is 0 Å². The molecular formula is C21H26ClNO4. The Morgan fingerprint density at radius 3 is 2.52 bits per heavy atom. The Morgan fingerprint density at radius 1 is 1.11 bits per heavy atom. The summed E-state index contributed by atoms with van der Waals surface area (Å²) in [5.41, 5.74) is 2.47. The predicted octanol–water partition coefficient (Wildman–Crippen LogP) is 4.60. The maximum absolute atomic E-state index is 12.6. The molecule has 0 aromatic heterocycles. The molecule has 1 N–H and O–H groups in total. The lowest BCUT2D eigenvalue weighted by atomic mass is 10.1. The van der Waals surface area contributed by atoms with Crippen LogP contribution in [-0.4, -0.2) is 26.2 Å². The maximum Gasteiger partial charge on any atom is 0.251 e. The number of benzene rings is 2. The molecule has 2 aromatic carbocycles. The molecule has 5 nitrogen and oxygen atoms in total. The number of hydrogen-bond donors (Lipinski definition) is 1. The van der Waals surface area contributed by atoms with Crippen molar-refractivity contribution in [3.05, 3.63) is 58.1 Å². The Labute approximate surface area is 165 Å². The van der Waals surface area contributed by atoms with Gasteiger partial charge in [-0.1, -0.05) is 42.8 Å². The molecule has 0 saturated carbocycles. The van der Waals surface area contributed by atoms with Crippen LogP contribution in [0, 0.1) is 0 Å². The Balaban J connectivity index is 2.16. The summed E-state index contributed by atoms with van der Waals surface area (Å²) < 4.78 is 16.5. The second-order valence-corrected chi connectivity index (χ2v) is 6.36. The SMILES string of the molecule is CCCOc1c(Cl)cc(C(=O)NCc2ccccc2COC)cc1OCC. The normalized spacial score (nSPS) is 10.5. The van der Waals surface area contributed by atoms with Gasteiger partial charge in [0.2, 0.25) is 0 Å². The van der Waals surface area contributed by atoms with Crippen molar-refractivity contribution in [3.8, 4) is 11.5 Å². The summed E-state index contributed by atoms with van der Waals surface area (Å²) in [7, 11) is 1.65. The van der Waals surface area contributed by atoms with Crippen molar-refractivity contribution in [2.45, 2.75) is 33.4 Å². The van der Waals surface area contributed by atoms with E-state index in [1.807, 2.05) is 38.1 Å². The molecular weight excluding hydrogens is 366 g/mol. The van der Waals surface area contributed by atoms with E-state index >= 15 is 0 Å². The van der Waals surface area contributed by atoms with Gasteiger partial charge in [-0.2, -0.15) is 0 Å². The van der Waals surface area contributed by atoms with E-state index in [9.17, 15) is 4.79 Å². The maximum atomic E-state index is 12.6. The molecule has 0 fully saturated rings. The first-order chi connectivity index (χ1) is 13.1. The number of carbonyl (C=O) groups excluding carboxylic acids is 1. The van der Waals surface area contributed by atoms with Crippen molar-refractivity contribution in [1.82, 2.24) is 5.32 Å². The third-order valence-corrected chi connectivity index (χ3v) is 4.16. The Morgan fingerprint density at radius 2 is 1.85 bits per heavy atom. The van der Waals surface area contributed by atoms with E-state index in [1.54, 1.807) is 19.2 Å². The van der Waals surface area contributed by atoms with Crippen LogP contribution in [0.5, 0.6) is 11.5 Å². The molecule has 0 aliphatic carbocycles. The van der Waals surface area contributed by atoms with E-state index in [0.29, 0.717) is 48.5 Å². The largest absolute Gasteiger partial charge is 0.490 e. The zero-order valence-corrected chi connectivity index (χ0v) is 16.8. The lowest BCUT2D eigenvalue weighted by Crippen LogP contribution is -2.23. The van der Waals surface area contributed by atoms with Gasteiger partial charge in [0.25, 0.3) is 5.91 Å².